The number of nitrogens with two attached hydrogens (primary N) is 1. The van der Waals surface area contributed by atoms with E-state index in [2.05, 4.69) is 0 Å². The smallest absolute Gasteiger partial charge is 0.223 e. The number of amides is 1. The molecule has 3 unspecified atom stereocenters. The Labute approximate surface area is 147 Å². The first-order chi connectivity index (χ1) is 11.3. The minimum absolute atomic E-state index is 0.0345. The summed E-state index contributed by atoms with van der Waals surface area (Å²) in [7, 11) is 0. The quantitative estimate of drug-likeness (QED) is 0.906. The van der Waals surface area contributed by atoms with Gasteiger partial charge in [0.15, 0.2) is 5.67 Å². The second kappa shape index (κ2) is 6.34. The average molecular weight is 349 g/mol. The number of benzene rings is 1. The van der Waals surface area contributed by atoms with Gasteiger partial charge in [0.05, 0.1) is 11.1 Å². The summed E-state index contributed by atoms with van der Waals surface area (Å²) in [4.78, 5) is 14.0. The van der Waals surface area contributed by atoms with E-state index in [1.807, 2.05) is 37.3 Å². The van der Waals surface area contributed by atoms with E-state index in [1.165, 1.54) is 6.92 Å². The van der Waals surface area contributed by atoms with Gasteiger partial charge in [-0.25, -0.2) is 4.39 Å². The standard InChI is InChI=1S/C19H22ClFN2O/c1-12(22)14-11-15(20)19(2,21)18(23-10-6-9-16(23)24)17(14)13-7-4-3-5-8-13/h3-5,7-8,11-12,18H,6,9-10,22H2,1-2H3. The Bertz CT molecular complexity index is 709. The maximum atomic E-state index is 15.7. The van der Waals surface area contributed by atoms with Gasteiger partial charge in [-0.15, -0.1) is 0 Å². The van der Waals surface area contributed by atoms with Crippen LogP contribution in [0.1, 0.15) is 32.3 Å². The average Bonchev–Trinajstić information content (AvgIpc) is 2.95. The van der Waals surface area contributed by atoms with Gasteiger partial charge in [-0.05, 0) is 43.1 Å². The van der Waals surface area contributed by atoms with E-state index in [-0.39, 0.29) is 17.0 Å². The van der Waals surface area contributed by atoms with E-state index in [1.54, 1.807) is 11.0 Å². The molecule has 0 bridgehead atoms. The van der Waals surface area contributed by atoms with E-state index < -0.39 is 11.7 Å². The molecule has 3 atom stereocenters. The summed E-state index contributed by atoms with van der Waals surface area (Å²) in [6.07, 6.45) is 2.82. The monoisotopic (exact) mass is 348 g/mol. The molecule has 1 aromatic carbocycles. The summed E-state index contributed by atoms with van der Waals surface area (Å²) >= 11 is 6.28. The van der Waals surface area contributed by atoms with Gasteiger partial charge >= 0.3 is 0 Å². The number of carbonyl (C=O) groups excluding carboxylic acids is 1. The van der Waals surface area contributed by atoms with E-state index >= 15 is 4.39 Å². The molecule has 128 valence electrons. The van der Waals surface area contributed by atoms with Crippen LogP contribution in [-0.2, 0) is 4.79 Å². The predicted octanol–water partition coefficient (Wildman–Crippen LogP) is 3.64. The molecule has 24 heavy (non-hydrogen) atoms. The Balaban J connectivity index is 2.24. The van der Waals surface area contributed by atoms with Crippen LogP contribution >= 0.6 is 11.6 Å². The summed E-state index contributed by atoms with van der Waals surface area (Å²) in [5, 5.41) is 0.0965. The summed E-state index contributed by atoms with van der Waals surface area (Å²) in [6.45, 7) is 3.83. The normalized spacial score (nSPS) is 29.0. The molecule has 5 heteroatoms. The van der Waals surface area contributed by atoms with Gasteiger partial charge in [0.2, 0.25) is 5.91 Å². The van der Waals surface area contributed by atoms with Crippen LogP contribution in [0.15, 0.2) is 47.0 Å². The summed E-state index contributed by atoms with van der Waals surface area (Å²) < 4.78 is 15.7. The van der Waals surface area contributed by atoms with E-state index in [4.69, 9.17) is 17.3 Å². The highest BCUT2D eigenvalue weighted by Crippen LogP contribution is 2.46. The highest BCUT2D eigenvalue weighted by molar-refractivity contribution is 6.31. The van der Waals surface area contributed by atoms with Crippen LogP contribution in [0.25, 0.3) is 5.57 Å². The lowest BCUT2D eigenvalue weighted by Crippen LogP contribution is -2.52. The Kier molecular flexibility index (Phi) is 4.54. The van der Waals surface area contributed by atoms with Gasteiger partial charge in [-0.3, -0.25) is 4.79 Å². The molecule has 0 radical (unpaired) electrons. The maximum Gasteiger partial charge on any atom is 0.223 e. The SMILES string of the molecule is CC(N)C1=C(c2ccccc2)C(N2CCCC2=O)C(C)(F)C(Cl)=C1. The van der Waals surface area contributed by atoms with Crippen molar-refractivity contribution >= 4 is 23.1 Å². The third kappa shape index (κ3) is 2.78. The van der Waals surface area contributed by atoms with Crippen LogP contribution in [0.5, 0.6) is 0 Å². The molecule has 0 saturated carbocycles. The number of carbonyl (C=O) groups is 1. The molecular weight excluding hydrogens is 327 g/mol. The van der Waals surface area contributed by atoms with Crippen LogP contribution in [0.2, 0.25) is 0 Å². The van der Waals surface area contributed by atoms with Crippen molar-refractivity contribution in [3.63, 3.8) is 0 Å². The number of likely N-dealkylation sites (tertiary alicyclic amines) is 1. The predicted molar refractivity (Wildman–Crippen MR) is 95.2 cm³/mol. The van der Waals surface area contributed by atoms with Crippen molar-refractivity contribution < 1.29 is 9.18 Å². The van der Waals surface area contributed by atoms with Gasteiger partial charge in [0, 0.05) is 19.0 Å². The molecule has 1 amide bonds. The highest BCUT2D eigenvalue weighted by Gasteiger charge is 2.49. The Morgan fingerprint density at radius 2 is 2.04 bits per heavy atom. The maximum absolute atomic E-state index is 15.7. The molecule has 1 aliphatic carbocycles. The van der Waals surface area contributed by atoms with Crippen molar-refractivity contribution in [2.45, 2.75) is 44.4 Å². The molecule has 0 aromatic heterocycles. The molecule has 3 nitrogen and oxygen atoms in total. The first-order valence-corrected chi connectivity index (χ1v) is 8.63. The second-order valence-electron chi connectivity index (χ2n) is 6.68. The van der Waals surface area contributed by atoms with E-state index in [9.17, 15) is 4.79 Å². The Morgan fingerprint density at radius 3 is 2.58 bits per heavy atom. The van der Waals surface area contributed by atoms with Crippen LogP contribution in [-0.4, -0.2) is 35.1 Å². The van der Waals surface area contributed by atoms with Gasteiger partial charge in [0.1, 0.15) is 0 Å². The largest absolute Gasteiger partial charge is 0.332 e. The Morgan fingerprint density at radius 1 is 1.38 bits per heavy atom. The van der Waals surface area contributed by atoms with Crippen molar-refractivity contribution in [2.24, 2.45) is 5.73 Å². The zero-order valence-corrected chi connectivity index (χ0v) is 14.7. The first kappa shape index (κ1) is 17.2. The molecule has 1 aliphatic heterocycles. The lowest BCUT2D eigenvalue weighted by atomic mass is 9.77. The van der Waals surface area contributed by atoms with E-state index in [0.717, 1.165) is 23.1 Å². The number of hydrogen-bond donors (Lipinski definition) is 1. The summed E-state index contributed by atoms with van der Waals surface area (Å²) in [5.41, 5.74) is 6.73. The van der Waals surface area contributed by atoms with Crippen LogP contribution in [0, 0.1) is 0 Å². The van der Waals surface area contributed by atoms with Crippen molar-refractivity contribution in [1.82, 2.24) is 4.90 Å². The fourth-order valence-corrected chi connectivity index (χ4v) is 3.85. The van der Waals surface area contributed by atoms with Crippen molar-refractivity contribution in [2.75, 3.05) is 6.54 Å². The van der Waals surface area contributed by atoms with Crippen molar-refractivity contribution in [3.8, 4) is 0 Å². The number of halogens is 2. The van der Waals surface area contributed by atoms with Gasteiger partial charge in [0.25, 0.3) is 0 Å². The summed E-state index contributed by atoms with van der Waals surface area (Å²) in [5.74, 6) is -0.0345. The zero-order chi connectivity index (χ0) is 17.5. The first-order valence-electron chi connectivity index (χ1n) is 8.25. The molecule has 2 aliphatic rings. The molecule has 3 rings (SSSR count). The number of rotatable bonds is 3. The molecule has 1 saturated heterocycles. The Hall–Kier alpha value is -1.65. The molecular formula is C19H22ClFN2O. The lowest BCUT2D eigenvalue weighted by molar-refractivity contribution is -0.130. The topological polar surface area (TPSA) is 46.3 Å². The molecule has 1 heterocycles. The minimum Gasteiger partial charge on any atom is -0.332 e. The third-order valence-corrected chi connectivity index (χ3v) is 5.32. The van der Waals surface area contributed by atoms with Crippen LogP contribution < -0.4 is 5.73 Å². The lowest BCUT2D eigenvalue weighted by Gasteiger charge is -2.42. The summed E-state index contributed by atoms with van der Waals surface area (Å²) in [6, 6.07) is 8.49. The van der Waals surface area contributed by atoms with E-state index in [0.29, 0.717) is 13.0 Å². The number of hydrogen-bond acceptors (Lipinski definition) is 2. The molecule has 2 N–H and O–H groups in total. The molecule has 1 fully saturated rings. The minimum atomic E-state index is -1.84. The fraction of sp³-hybridized carbons (Fsp3) is 0.421. The third-order valence-electron chi connectivity index (χ3n) is 4.84. The van der Waals surface area contributed by atoms with Gasteiger partial charge < -0.3 is 10.6 Å². The van der Waals surface area contributed by atoms with Crippen LogP contribution in [0.4, 0.5) is 4.39 Å². The molecule has 1 aromatic rings. The van der Waals surface area contributed by atoms with Crippen molar-refractivity contribution in [1.29, 1.82) is 0 Å². The second-order valence-corrected chi connectivity index (χ2v) is 7.09. The van der Waals surface area contributed by atoms with Crippen molar-refractivity contribution in [3.05, 3.63) is 52.6 Å². The highest BCUT2D eigenvalue weighted by atomic mass is 35.5. The molecule has 0 spiro atoms. The number of nitrogens with zero attached hydrogens (tertiary/aromatic N) is 1. The zero-order valence-electron chi connectivity index (χ0n) is 13.9. The van der Waals surface area contributed by atoms with Gasteiger partial charge in [-0.2, -0.15) is 0 Å². The number of alkyl halides is 1. The fourth-order valence-electron chi connectivity index (χ4n) is 3.62. The van der Waals surface area contributed by atoms with Crippen LogP contribution in [0.3, 0.4) is 0 Å². The van der Waals surface area contributed by atoms with Gasteiger partial charge in [-0.1, -0.05) is 41.9 Å².